The summed E-state index contributed by atoms with van der Waals surface area (Å²) in [4.78, 5) is 37.5. The smallest absolute Gasteiger partial charge is 0.268 e. The fourth-order valence-electron chi connectivity index (χ4n) is 2.39. The predicted octanol–water partition coefficient (Wildman–Crippen LogP) is 1.92. The standard InChI is InChI=1S/C17H22N2O4/c1-10(20)12-6-7-14-13(8-12)19(16(22)11(2)23-14)9-15(21)18-17(3,4)5/h6-8,11H,9H2,1-5H3,(H,18,21). The van der Waals surface area contributed by atoms with Crippen LogP contribution in [0.1, 0.15) is 45.0 Å². The summed E-state index contributed by atoms with van der Waals surface area (Å²) < 4.78 is 5.56. The van der Waals surface area contributed by atoms with Crippen molar-refractivity contribution in [3.63, 3.8) is 0 Å². The molecular weight excluding hydrogens is 296 g/mol. The summed E-state index contributed by atoms with van der Waals surface area (Å²) in [5.74, 6) is -0.190. The van der Waals surface area contributed by atoms with E-state index in [1.54, 1.807) is 25.1 Å². The van der Waals surface area contributed by atoms with Crippen LogP contribution in [0, 0.1) is 0 Å². The Morgan fingerprint density at radius 2 is 1.96 bits per heavy atom. The van der Waals surface area contributed by atoms with Crippen molar-refractivity contribution in [1.82, 2.24) is 5.32 Å². The summed E-state index contributed by atoms with van der Waals surface area (Å²) in [6, 6.07) is 4.90. The van der Waals surface area contributed by atoms with E-state index in [1.165, 1.54) is 11.8 Å². The van der Waals surface area contributed by atoms with E-state index in [0.717, 1.165) is 0 Å². The Balaban J connectivity index is 2.35. The largest absolute Gasteiger partial charge is 0.479 e. The Morgan fingerprint density at radius 3 is 2.52 bits per heavy atom. The SMILES string of the molecule is CC(=O)c1ccc2c(c1)N(CC(=O)NC(C)(C)C)C(=O)C(C)O2. The molecule has 0 saturated carbocycles. The molecular formula is C17H22N2O4. The Hall–Kier alpha value is -2.37. The molecule has 6 nitrogen and oxygen atoms in total. The summed E-state index contributed by atoms with van der Waals surface area (Å²) >= 11 is 0. The van der Waals surface area contributed by atoms with Crippen LogP contribution in [0.3, 0.4) is 0 Å². The first-order chi connectivity index (χ1) is 10.6. The molecule has 0 aliphatic carbocycles. The van der Waals surface area contributed by atoms with Gasteiger partial charge in [0.2, 0.25) is 5.91 Å². The van der Waals surface area contributed by atoms with E-state index < -0.39 is 6.10 Å². The van der Waals surface area contributed by atoms with Crippen molar-refractivity contribution < 1.29 is 19.1 Å². The van der Waals surface area contributed by atoms with Crippen LogP contribution in [0.25, 0.3) is 0 Å². The number of fused-ring (bicyclic) bond motifs is 1. The lowest BCUT2D eigenvalue weighted by Gasteiger charge is -2.33. The number of nitrogens with one attached hydrogen (secondary N) is 1. The maximum absolute atomic E-state index is 12.4. The molecule has 0 aromatic heterocycles. The molecule has 1 unspecified atom stereocenters. The maximum atomic E-state index is 12.4. The second-order valence-electron chi connectivity index (χ2n) is 6.72. The molecule has 23 heavy (non-hydrogen) atoms. The van der Waals surface area contributed by atoms with E-state index >= 15 is 0 Å². The van der Waals surface area contributed by atoms with Crippen LogP contribution in [0.15, 0.2) is 18.2 Å². The molecule has 1 aliphatic rings. The van der Waals surface area contributed by atoms with Gasteiger partial charge in [-0.1, -0.05) is 0 Å². The maximum Gasteiger partial charge on any atom is 0.268 e. The highest BCUT2D eigenvalue weighted by atomic mass is 16.5. The number of ketones is 1. The number of ether oxygens (including phenoxy) is 1. The molecule has 6 heteroatoms. The zero-order chi connectivity index (χ0) is 17.4. The summed E-state index contributed by atoms with van der Waals surface area (Å²) in [5, 5.41) is 2.83. The lowest BCUT2D eigenvalue weighted by Crippen LogP contribution is -2.51. The average Bonchev–Trinajstić information content (AvgIpc) is 2.41. The van der Waals surface area contributed by atoms with Crippen LogP contribution in [-0.2, 0) is 9.59 Å². The lowest BCUT2D eigenvalue weighted by atomic mass is 10.1. The summed E-state index contributed by atoms with van der Waals surface area (Å²) in [7, 11) is 0. The molecule has 0 spiro atoms. The van der Waals surface area contributed by atoms with Gasteiger partial charge in [0.25, 0.3) is 5.91 Å². The molecule has 1 atom stereocenters. The number of amides is 2. The number of benzene rings is 1. The van der Waals surface area contributed by atoms with Crippen molar-refractivity contribution in [1.29, 1.82) is 0 Å². The van der Waals surface area contributed by atoms with Gasteiger partial charge in [-0.25, -0.2) is 0 Å². The second kappa shape index (κ2) is 6.02. The molecule has 0 fully saturated rings. The van der Waals surface area contributed by atoms with Crippen molar-refractivity contribution in [3.8, 4) is 5.75 Å². The molecule has 1 N–H and O–H groups in total. The van der Waals surface area contributed by atoms with Crippen molar-refractivity contribution in [2.75, 3.05) is 11.4 Å². The fourth-order valence-corrected chi connectivity index (χ4v) is 2.39. The van der Waals surface area contributed by atoms with Crippen molar-refractivity contribution >= 4 is 23.3 Å². The van der Waals surface area contributed by atoms with Crippen molar-refractivity contribution in [3.05, 3.63) is 23.8 Å². The average molecular weight is 318 g/mol. The second-order valence-corrected chi connectivity index (χ2v) is 6.72. The van der Waals surface area contributed by atoms with Gasteiger partial charge in [-0.05, 0) is 52.8 Å². The lowest BCUT2D eigenvalue weighted by molar-refractivity contribution is -0.128. The number of anilines is 1. The normalized spacial score (nSPS) is 17.3. The minimum absolute atomic E-state index is 0.113. The van der Waals surface area contributed by atoms with Gasteiger partial charge in [0.15, 0.2) is 11.9 Å². The number of carbonyl (C=O) groups excluding carboxylic acids is 3. The first-order valence-electron chi connectivity index (χ1n) is 7.52. The highest BCUT2D eigenvalue weighted by Gasteiger charge is 2.33. The molecule has 0 radical (unpaired) electrons. The molecule has 1 aliphatic heterocycles. The van der Waals surface area contributed by atoms with Gasteiger partial charge in [-0.15, -0.1) is 0 Å². The van der Waals surface area contributed by atoms with Gasteiger partial charge < -0.3 is 10.1 Å². The first-order valence-corrected chi connectivity index (χ1v) is 7.52. The summed E-state index contributed by atoms with van der Waals surface area (Å²) in [6.07, 6.45) is -0.673. The van der Waals surface area contributed by atoms with Crippen LogP contribution in [0.5, 0.6) is 5.75 Å². The van der Waals surface area contributed by atoms with Crippen LogP contribution in [0.4, 0.5) is 5.69 Å². The number of rotatable bonds is 3. The molecule has 124 valence electrons. The molecule has 1 aromatic rings. The number of hydrogen-bond acceptors (Lipinski definition) is 4. The van der Waals surface area contributed by atoms with Gasteiger partial charge in [-0.2, -0.15) is 0 Å². The van der Waals surface area contributed by atoms with Crippen LogP contribution < -0.4 is 15.0 Å². The van der Waals surface area contributed by atoms with Gasteiger partial charge >= 0.3 is 0 Å². The number of Topliss-reactive ketones (excluding diaryl/α,β-unsaturated/α-hetero) is 1. The zero-order valence-electron chi connectivity index (χ0n) is 14.1. The van der Waals surface area contributed by atoms with E-state index in [9.17, 15) is 14.4 Å². The third-order valence-electron chi connectivity index (χ3n) is 3.39. The summed E-state index contributed by atoms with van der Waals surface area (Å²) in [5.41, 5.74) is 0.531. The van der Waals surface area contributed by atoms with E-state index in [1.807, 2.05) is 20.8 Å². The zero-order valence-corrected chi connectivity index (χ0v) is 14.1. The Labute approximate surface area is 135 Å². The predicted molar refractivity (Wildman–Crippen MR) is 86.8 cm³/mol. The Bertz CT molecular complexity index is 661. The minimum Gasteiger partial charge on any atom is -0.479 e. The van der Waals surface area contributed by atoms with Gasteiger partial charge in [0, 0.05) is 11.1 Å². The third kappa shape index (κ3) is 3.88. The van der Waals surface area contributed by atoms with Gasteiger partial charge in [-0.3, -0.25) is 19.3 Å². The van der Waals surface area contributed by atoms with Crippen molar-refractivity contribution in [2.45, 2.75) is 46.3 Å². The van der Waals surface area contributed by atoms with Gasteiger partial charge in [0.05, 0.1) is 5.69 Å². The highest BCUT2D eigenvalue weighted by Crippen LogP contribution is 2.34. The monoisotopic (exact) mass is 318 g/mol. The number of hydrogen-bond donors (Lipinski definition) is 1. The van der Waals surface area contributed by atoms with E-state index in [4.69, 9.17) is 4.74 Å². The molecule has 2 rings (SSSR count). The van der Waals surface area contributed by atoms with Gasteiger partial charge in [0.1, 0.15) is 12.3 Å². The van der Waals surface area contributed by atoms with Crippen LogP contribution in [0.2, 0.25) is 0 Å². The van der Waals surface area contributed by atoms with E-state index in [0.29, 0.717) is 17.0 Å². The molecule has 1 aromatic carbocycles. The Kier molecular flexibility index (Phi) is 4.45. The first kappa shape index (κ1) is 17.0. The highest BCUT2D eigenvalue weighted by molar-refractivity contribution is 6.05. The third-order valence-corrected chi connectivity index (χ3v) is 3.39. The van der Waals surface area contributed by atoms with Crippen LogP contribution in [-0.4, -0.2) is 35.8 Å². The summed E-state index contributed by atoms with van der Waals surface area (Å²) in [6.45, 7) is 8.59. The molecule has 1 heterocycles. The molecule has 2 amide bonds. The quantitative estimate of drug-likeness (QED) is 0.864. The minimum atomic E-state index is -0.673. The van der Waals surface area contributed by atoms with Crippen LogP contribution >= 0.6 is 0 Å². The van der Waals surface area contributed by atoms with E-state index in [2.05, 4.69) is 5.32 Å². The van der Waals surface area contributed by atoms with E-state index in [-0.39, 0.29) is 29.7 Å². The Morgan fingerprint density at radius 1 is 1.30 bits per heavy atom. The topological polar surface area (TPSA) is 75.7 Å². The molecule has 0 bridgehead atoms. The molecule has 0 saturated heterocycles. The number of carbonyl (C=O) groups is 3. The fraction of sp³-hybridized carbons (Fsp3) is 0.471. The number of nitrogens with zero attached hydrogens (tertiary/aromatic N) is 1. The van der Waals surface area contributed by atoms with Crippen molar-refractivity contribution in [2.24, 2.45) is 0 Å².